The Morgan fingerprint density at radius 1 is 1.36 bits per heavy atom. The molecule has 6 heteroatoms. The average Bonchev–Trinajstić information content (AvgIpc) is 2.04. The largest absolute Gasteiger partial charge is 0.369 e. The molecule has 0 aliphatic carbocycles. The van der Waals surface area contributed by atoms with Gasteiger partial charge in [-0.25, -0.2) is 0 Å². The lowest BCUT2D eigenvalue weighted by Gasteiger charge is -2.35. The Hall–Kier alpha value is -1.46. The van der Waals surface area contributed by atoms with Crippen molar-refractivity contribution in [2.24, 2.45) is 10.7 Å². The molecule has 0 atom stereocenters. The van der Waals surface area contributed by atoms with E-state index in [0.29, 0.717) is 6.54 Å². The molecule has 3 N–H and O–H groups in total. The molecule has 0 fully saturated rings. The van der Waals surface area contributed by atoms with Gasteiger partial charge in [0.25, 0.3) is 0 Å². The van der Waals surface area contributed by atoms with Gasteiger partial charge in [0.05, 0.1) is 0 Å². The normalized spacial score (nSPS) is 11.1. The number of nitrogens with two attached hydrogens (primary N) is 1. The number of hydrogen-bond donors (Lipinski definition) is 2. The fraction of sp³-hybridized carbons (Fsp3) is 0.750. The van der Waals surface area contributed by atoms with Crippen molar-refractivity contribution in [3.05, 3.63) is 0 Å². The third-order valence-electron chi connectivity index (χ3n) is 1.83. The van der Waals surface area contributed by atoms with Gasteiger partial charge in [0, 0.05) is 34.7 Å². The Kier molecular flexibility index (Phi) is 4.76. The van der Waals surface area contributed by atoms with Crippen LogP contribution in [0, 0.1) is 5.41 Å². The third kappa shape index (κ3) is 2.79. The van der Waals surface area contributed by atoms with E-state index in [1.807, 2.05) is 33.0 Å². The van der Waals surface area contributed by atoms with E-state index in [-0.39, 0.29) is 5.96 Å². The van der Waals surface area contributed by atoms with Gasteiger partial charge < -0.3 is 10.6 Å². The number of nitrogens with one attached hydrogen (secondary N) is 1. The smallest absolute Gasteiger partial charge is 0.214 e. The van der Waals surface area contributed by atoms with Gasteiger partial charge in [0.2, 0.25) is 11.9 Å². The standard InChI is InChI=1S/C8H20N6/c1-6-14(7(9)10)13(5)8(11-2)12(3)4/h6H2,1-5H3,(H3,9,10)/b11-8+. The SMILES string of the molecule is CCN(C(=N)N)N(C)/C(=N/C)N(C)C. The van der Waals surface area contributed by atoms with Gasteiger partial charge in [-0.3, -0.25) is 20.4 Å². The summed E-state index contributed by atoms with van der Waals surface area (Å²) < 4.78 is 0. The van der Waals surface area contributed by atoms with E-state index in [9.17, 15) is 0 Å². The Labute approximate surface area is 85.5 Å². The van der Waals surface area contributed by atoms with Crippen molar-refractivity contribution in [3.63, 3.8) is 0 Å². The minimum atomic E-state index is 0.0120. The molecule has 0 saturated heterocycles. The molecule has 0 unspecified atom stereocenters. The molecule has 82 valence electrons. The summed E-state index contributed by atoms with van der Waals surface area (Å²) in [7, 11) is 7.33. The topological polar surface area (TPSA) is 72.0 Å². The molecule has 0 heterocycles. The molecule has 0 rings (SSSR count). The van der Waals surface area contributed by atoms with Crippen molar-refractivity contribution < 1.29 is 0 Å². The first-order valence-electron chi connectivity index (χ1n) is 4.45. The lowest BCUT2D eigenvalue weighted by atomic mass is 10.6. The zero-order valence-electron chi connectivity index (χ0n) is 9.57. The van der Waals surface area contributed by atoms with E-state index >= 15 is 0 Å². The molecular weight excluding hydrogens is 180 g/mol. The van der Waals surface area contributed by atoms with Gasteiger partial charge in [0.1, 0.15) is 0 Å². The van der Waals surface area contributed by atoms with Crippen LogP contribution in [0.3, 0.4) is 0 Å². The van der Waals surface area contributed by atoms with Crippen LogP contribution in [0.1, 0.15) is 6.92 Å². The minimum absolute atomic E-state index is 0.0120. The van der Waals surface area contributed by atoms with Crippen LogP contribution in [-0.4, -0.2) is 61.6 Å². The second-order valence-corrected chi connectivity index (χ2v) is 3.04. The average molecular weight is 200 g/mol. The second kappa shape index (κ2) is 5.31. The molecular formula is C8H20N6. The highest BCUT2D eigenvalue weighted by Gasteiger charge is 2.15. The molecule has 6 nitrogen and oxygen atoms in total. The number of rotatable bonds is 1. The Morgan fingerprint density at radius 3 is 2.07 bits per heavy atom. The molecule has 0 spiro atoms. The fourth-order valence-corrected chi connectivity index (χ4v) is 1.29. The van der Waals surface area contributed by atoms with E-state index in [2.05, 4.69) is 4.99 Å². The van der Waals surface area contributed by atoms with E-state index in [0.717, 1.165) is 5.96 Å². The number of nitrogens with zero attached hydrogens (tertiary/aromatic N) is 4. The Morgan fingerprint density at radius 2 is 1.86 bits per heavy atom. The van der Waals surface area contributed by atoms with Crippen molar-refractivity contribution in [2.75, 3.05) is 34.7 Å². The van der Waals surface area contributed by atoms with E-state index < -0.39 is 0 Å². The summed E-state index contributed by atoms with van der Waals surface area (Å²) in [5.74, 6) is 0.764. The maximum Gasteiger partial charge on any atom is 0.214 e. The zero-order valence-corrected chi connectivity index (χ0v) is 9.57. The summed E-state index contributed by atoms with van der Waals surface area (Å²) in [4.78, 5) is 5.98. The van der Waals surface area contributed by atoms with Crippen LogP contribution >= 0.6 is 0 Å². The summed E-state index contributed by atoms with van der Waals surface area (Å²) in [5, 5.41) is 10.8. The Balaban J connectivity index is 4.72. The Bertz CT molecular complexity index is 222. The van der Waals surface area contributed by atoms with Crippen LogP contribution < -0.4 is 5.73 Å². The van der Waals surface area contributed by atoms with Gasteiger partial charge in [-0.1, -0.05) is 0 Å². The predicted octanol–water partition coefficient (Wildman–Crippen LogP) is -0.404. The highest BCUT2D eigenvalue weighted by Crippen LogP contribution is 1.97. The molecule has 0 aromatic rings. The number of hydrogen-bond acceptors (Lipinski definition) is 2. The van der Waals surface area contributed by atoms with Crippen LogP contribution in [0.15, 0.2) is 4.99 Å². The van der Waals surface area contributed by atoms with Crippen LogP contribution in [0.4, 0.5) is 0 Å². The quantitative estimate of drug-likeness (QED) is 0.343. The van der Waals surface area contributed by atoms with Crippen LogP contribution in [-0.2, 0) is 0 Å². The van der Waals surface area contributed by atoms with Crippen LogP contribution in [0.2, 0.25) is 0 Å². The summed E-state index contributed by atoms with van der Waals surface area (Å²) in [5.41, 5.74) is 5.43. The summed E-state index contributed by atoms with van der Waals surface area (Å²) in [6.07, 6.45) is 0. The van der Waals surface area contributed by atoms with Crippen molar-refractivity contribution in [3.8, 4) is 0 Å². The molecule has 0 aliphatic heterocycles. The highest BCUT2D eigenvalue weighted by molar-refractivity contribution is 5.83. The lowest BCUT2D eigenvalue weighted by molar-refractivity contribution is 0.152. The maximum absolute atomic E-state index is 7.38. The molecule has 0 aromatic heterocycles. The highest BCUT2D eigenvalue weighted by atomic mass is 15.7. The number of hydrazine groups is 1. The molecule has 0 saturated carbocycles. The van der Waals surface area contributed by atoms with Gasteiger partial charge in [0.15, 0.2) is 0 Å². The molecule has 0 radical (unpaired) electrons. The second-order valence-electron chi connectivity index (χ2n) is 3.04. The predicted molar refractivity (Wildman–Crippen MR) is 59.1 cm³/mol. The molecule has 14 heavy (non-hydrogen) atoms. The van der Waals surface area contributed by atoms with E-state index in [1.54, 1.807) is 17.1 Å². The summed E-state index contributed by atoms with van der Waals surface area (Å²) in [6, 6.07) is 0. The number of guanidine groups is 2. The fourth-order valence-electron chi connectivity index (χ4n) is 1.29. The van der Waals surface area contributed by atoms with Crippen molar-refractivity contribution in [1.29, 1.82) is 5.41 Å². The monoisotopic (exact) mass is 200 g/mol. The molecule has 0 aliphatic rings. The maximum atomic E-state index is 7.38. The van der Waals surface area contributed by atoms with Crippen LogP contribution in [0.5, 0.6) is 0 Å². The summed E-state index contributed by atoms with van der Waals surface area (Å²) in [6.45, 7) is 2.57. The lowest BCUT2D eigenvalue weighted by Crippen LogP contribution is -2.53. The molecule has 0 aromatic carbocycles. The zero-order chi connectivity index (χ0) is 11.3. The molecule has 0 bridgehead atoms. The van der Waals surface area contributed by atoms with Crippen LogP contribution in [0.25, 0.3) is 0 Å². The van der Waals surface area contributed by atoms with E-state index in [4.69, 9.17) is 11.1 Å². The number of aliphatic imine (C=N–C) groups is 1. The van der Waals surface area contributed by atoms with Crippen molar-refractivity contribution in [1.82, 2.24) is 14.9 Å². The first-order valence-corrected chi connectivity index (χ1v) is 4.45. The van der Waals surface area contributed by atoms with Gasteiger partial charge in [-0.15, -0.1) is 0 Å². The van der Waals surface area contributed by atoms with E-state index in [1.165, 1.54) is 0 Å². The first-order chi connectivity index (χ1) is 6.45. The van der Waals surface area contributed by atoms with Gasteiger partial charge in [-0.2, -0.15) is 0 Å². The van der Waals surface area contributed by atoms with Gasteiger partial charge >= 0.3 is 0 Å². The third-order valence-corrected chi connectivity index (χ3v) is 1.83. The van der Waals surface area contributed by atoms with Gasteiger partial charge in [-0.05, 0) is 6.92 Å². The van der Waals surface area contributed by atoms with Crippen molar-refractivity contribution >= 4 is 11.9 Å². The minimum Gasteiger partial charge on any atom is -0.369 e. The summed E-state index contributed by atoms with van der Waals surface area (Å²) >= 11 is 0. The first kappa shape index (κ1) is 12.5. The van der Waals surface area contributed by atoms with Crippen molar-refractivity contribution in [2.45, 2.75) is 6.92 Å². The molecule has 0 amide bonds.